The average Bonchev–Trinajstić information content (AvgIpc) is 2.75. The van der Waals surface area contributed by atoms with E-state index in [0.717, 1.165) is 0 Å². The fourth-order valence-electron chi connectivity index (χ4n) is 1.77. The molecule has 2 amide bonds. The second-order valence-electron chi connectivity index (χ2n) is 4.07. The van der Waals surface area contributed by atoms with Gasteiger partial charge in [0.25, 0.3) is 0 Å². The van der Waals surface area contributed by atoms with Gasteiger partial charge >= 0.3 is 0 Å². The third-order valence-electron chi connectivity index (χ3n) is 2.68. The maximum absolute atomic E-state index is 11.8. The highest BCUT2D eigenvalue weighted by atomic mass is 16.2. The van der Waals surface area contributed by atoms with Crippen molar-refractivity contribution in [2.75, 3.05) is 18.9 Å². The SMILES string of the molecule is CN1CC(C(=O)Nc2cnn(C)c2)CC1=O. The number of nitrogens with zero attached hydrogens (tertiary/aromatic N) is 3. The van der Waals surface area contributed by atoms with Gasteiger partial charge in [0.1, 0.15) is 0 Å². The number of hydrogen-bond acceptors (Lipinski definition) is 3. The Morgan fingerprint density at radius 1 is 1.56 bits per heavy atom. The van der Waals surface area contributed by atoms with E-state index < -0.39 is 0 Å². The van der Waals surface area contributed by atoms with Crippen LogP contribution in [0.15, 0.2) is 12.4 Å². The maximum Gasteiger partial charge on any atom is 0.229 e. The van der Waals surface area contributed by atoms with Gasteiger partial charge in [-0.05, 0) is 0 Å². The number of nitrogens with one attached hydrogen (secondary N) is 1. The standard InChI is InChI=1S/C10H14N4O2/c1-13-5-7(3-9(13)15)10(16)12-8-4-11-14(2)6-8/h4,6-7H,3,5H2,1-2H3,(H,12,16). The van der Waals surface area contributed by atoms with Crippen LogP contribution in [0.1, 0.15) is 6.42 Å². The van der Waals surface area contributed by atoms with Crippen molar-refractivity contribution in [2.24, 2.45) is 13.0 Å². The van der Waals surface area contributed by atoms with Gasteiger partial charge in [-0.25, -0.2) is 0 Å². The van der Waals surface area contributed by atoms with Gasteiger partial charge in [0.05, 0.1) is 17.8 Å². The van der Waals surface area contributed by atoms with Crippen LogP contribution in [-0.4, -0.2) is 40.1 Å². The van der Waals surface area contributed by atoms with Crippen molar-refractivity contribution in [3.8, 4) is 0 Å². The third kappa shape index (κ3) is 2.05. The van der Waals surface area contributed by atoms with E-state index in [-0.39, 0.29) is 17.7 Å². The number of anilines is 1. The molecule has 1 fully saturated rings. The number of hydrogen-bond donors (Lipinski definition) is 1. The van der Waals surface area contributed by atoms with Crippen LogP contribution in [0.5, 0.6) is 0 Å². The molecule has 1 saturated heterocycles. The summed E-state index contributed by atoms with van der Waals surface area (Å²) in [5, 5.41) is 6.70. The van der Waals surface area contributed by atoms with Crippen LogP contribution in [-0.2, 0) is 16.6 Å². The zero-order chi connectivity index (χ0) is 11.7. The van der Waals surface area contributed by atoms with Crippen LogP contribution in [0.4, 0.5) is 5.69 Å². The lowest BCUT2D eigenvalue weighted by atomic mass is 10.1. The van der Waals surface area contributed by atoms with E-state index in [1.807, 2.05) is 0 Å². The van der Waals surface area contributed by atoms with Crippen LogP contribution in [0.25, 0.3) is 0 Å². The predicted octanol–water partition coefficient (Wildman–Crippen LogP) is -0.163. The molecule has 1 aromatic heterocycles. The molecule has 0 spiro atoms. The number of rotatable bonds is 2. The fourth-order valence-corrected chi connectivity index (χ4v) is 1.77. The Labute approximate surface area is 93.2 Å². The highest BCUT2D eigenvalue weighted by Gasteiger charge is 2.32. The summed E-state index contributed by atoms with van der Waals surface area (Å²) >= 11 is 0. The summed E-state index contributed by atoms with van der Waals surface area (Å²) in [6, 6.07) is 0. The van der Waals surface area contributed by atoms with E-state index in [1.54, 1.807) is 36.1 Å². The predicted molar refractivity (Wildman–Crippen MR) is 57.6 cm³/mol. The molecule has 1 N–H and O–H groups in total. The Bertz CT molecular complexity index is 426. The number of carbonyl (C=O) groups excluding carboxylic acids is 2. The first-order valence-corrected chi connectivity index (χ1v) is 5.09. The molecule has 1 aromatic rings. The molecule has 86 valence electrons. The van der Waals surface area contributed by atoms with Gasteiger partial charge in [0.15, 0.2) is 0 Å². The highest BCUT2D eigenvalue weighted by Crippen LogP contribution is 2.18. The lowest BCUT2D eigenvalue weighted by molar-refractivity contribution is -0.127. The van der Waals surface area contributed by atoms with Crippen molar-refractivity contribution in [1.29, 1.82) is 0 Å². The van der Waals surface area contributed by atoms with Crippen molar-refractivity contribution < 1.29 is 9.59 Å². The smallest absolute Gasteiger partial charge is 0.229 e. The third-order valence-corrected chi connectivity index (χ3v) is 2.68. The minimum atomic E-state index is -0.252. The lowest BCUT2D eigenvalue weighted by Crippen LogP contribution is -2.25. The summed E-state index contributed by atoms with van der Waals surface area (Å²) in [6.45, 7) is 0.491. The van der Waals surface area contributed by atoms with E-state index >= 15 is 0 Å². The first kappa shape index (κ1) is 10.7. The second kappa shape index (κ2) is 3.96. The van der Waals surface area contributed by atoms with E-state index in [2.05, 4.69) is 10.4 Å². The first-order valence-electron chi connectivity index (χ1n) is 5.09. The molecule has 16 heavy (non-hydrogen) atoms. The zero-order valence-electron chi connectivity index (χ0n) is 9.30. The molecule has 1 atom stereocenters. The molecule has 1 unspecified atom stereocenters. The Morgan fingerprint density at radius 2 is 2.31 bits per heavy atom. The summed E-state index contributed by atoms with van der Waals surface area (Å²) in [7, 11) is 3.49. The monoisotopic (exact) mass is 222 g/mol. The topological polar surface area (TPSA) is 67.2 Å². The van der Waals surface area contributed by atoms with Gasteiger partial charge in [-0.2, -0.15) is 5.10 Å². The highest BCUT2D eigenvalue weighted by molar-refractivity contribution is 5.96. The Kier molecular flexibility index (Phi) is 2.64. The van der Waals surface area contributed by atoms with E-state index in [9.17, 15) is 9.59 Å². The van der Waals surface area contributed by atoms with Gasteiger partial charge < -0.3 is 10.2 Å². The summed E-state index contributed by atoms with van der Waals surface area (Å²) in [6.07, 6.45) is 3.60. The van der Waals surface area contributed by atoms with Gasteiger partial charge in [-0.15, -0.1) is 0 Å². The minimum Gasteiger partial charge on any atom is -0.345 e. The van der Waals surface area contributed by atoms with Gasteiger partial charge in [-0.1, -0.05) is 0 Å². The molecular formula is C10H14N4O2. The fraction of sp³-hybridized carbons (Fsp3) is 0.500. The summed E-state index contributed by atoms with van der Waals surface area (Å²) in [5.41, 5.74) is 0.662. The quantitative estimate of drug-likeness (QED) is 0.756. The summed E-state index contributed by atoms with van der Waals surface area (Å²) in [5.74, 6) is -0.352. The van der Waals surface area contributed by atoms with Crippen molar-refractivity contribution in [2.45, 2.75) is 6.42 Å². The first-order chi connectivity index (χ1) is 7.56. The lowest BCUT2D eigenvalue weighted by Gasteiger charge is -2.09. The molecule has 0 saturated carbocycles. The number of aromatic nitrogens is 2. The molecule has 1 aliphatic rings. The zero-order valence-corrected chi connectivity index (χ0v) is 9.30. The summed E-state index contributed by atoms with van der Waals surface area (Å²) < 4.78 is 1.61. The number of carbonyl (C=O) groups is 2. The van der Waals surface area contributed by atoms with Gasteiger partial charge in [0, 0.05) is 33.3 Å². The van der Waals surface area contributed by atoms with Crippen molar-refractivity contribution in [1.82, 2.24) is 14.7 Å². The molecular weight excluding hydrogens is 208 g/mol. The largest absolute Gasteiger partial charge is 0.345 e. The van der Waals surface area contributed by atoms with Crippen LogP contribution in [0.2, 0.25) is 0 Å². The van der Waals surface area contributed by atoms with Crippen molar-refractivity contribution in [3.05, 3.63) is 12.4 Å². The molecule has 1 aliphatic heterocycles. The second-order valence-corrected chi connectivity index (χ2v) is 4.07. The maximum atomic E-state index is 11.8. The van der Waals surface area contributed by atoms with Crippen LogP contribution >= 0.6 is 0 Å². The van der Waals surface area contributed by atoms with Crippen LogP contribution < -0.4 is 5.32 Å². The van der Waals surface area contributed by atoms with E-state index in [4.69, 9.17) is 0 Å². The summed E-state index contributed by atoms with van der Waals surface area (Å²) in [4.78, 5) is 24.6. The molecule has 0 aromatic carbocycles. The van der Waals surface area contributed by atoms with Gasteiger partial charge in [0.2, 0.25) is 11.8 Å². The Morgan fingerprint density at radius 3 is 2.81 bits per heavy atom. The molecule has 6 heteroatoms. The minimum absolute atomic E-state index is 0.0198. The molecule has 2 rings (SSSR count). The average molecular weight is 222 g/mol. The number of likely N-dealkylation sites (tertiary alicyclic amines) is 1. The number of aryl methyl sites for hydroxylation is 1. The normalized spacial score (nSPS) is 20.2. The molecule has 6 nitrogen and oxygen atoms in total. The number of amides is 2. The molecule has 0 bridgehead atoms. The Hall–Kier alpha value is -1.85. The van der Waals surface area contributed by atoms with Gasteiger partial charge in [-0.3, -0.25) is 14.3 Å². The Balaban J connectivity index is 1.97. The van der Waals surface area contributed by atoms with Crippen molar-refractivity contribution >= 4 is 17.5 Å². The van der Waals surface area contributed by atoms with E-state index in [0.29, 0.717) is 18.7 Å². The van der Waals surface area contributed by atoms with Crippen LogP contribution in [0, 0.1) is 5.92 Å². The molecule has 2 heterocycles. The molecule has 0 radical (unpaired) electrons. The van der Waals surface area contributed by atoms with Crippen LogP contribution in [0.3, 0.4) is 0 Å². The molecule has 0 aliphatic carbocycles. The van der Waals surface area contributed by atoms with Crippen molar-refractivity contribution in [3.63, 3.8) is 0 Å². The van der Waals surface area contributed by atoms with E-state index in [1.165, 1.54) is 0 Å².